The van der Waals surface area contributed by atoms with Crippen molar-refractivity contribution in [2.75, 3.05) is 6.61 Å². The quantitative estimate of drug-likeness (QED) is 0.474. The third-order valence-electron chi connectivity index (χ3n) is 2.93. The molecule has 2 aromatic rings. The van der Waals surface area contributed by atoms with Crippen LogP contribution in [0.1, 0.15) is 33.3 Å². The lowest BCUT2D eigenvalue weighted by molar-refractivity contribution is -0.383. The molecule has 25 heavy (non-hydrogen) atoms. The number of hydrogen-bond donors (Lipinski definition) is 0. The first-order valence-corrected chi connectivity index (χ1v) is 7.65. The second-order valence-electron chi connectivity index (χ2n) is 6.20. The SMILES string of the molecule is CCOC=O.Cc1cc([N+](=O)[O-])c2c(ccn2C(=O)OC(C)(C)C)c1. The van der Waals surface area contributed by atoms with Gasteiger partial charge >= 0.3 is 6.09 Å². The van der Waals surface area contributed by atoms with Gasteiger partial charge in [0.1, 0.15) is 11.1 Å². The first-order valence-electron chi connectivity index (χ1n) is 7.65. The Hall–Kier alpha value is -2.90. The largest absolute Gasteiger partial charge is 0.468 e. The second-order valence-corrected chi connectivity index (χ2v) is 6.20. The van der Waals surface area contributed by atoms with E-state index in [0.717, 1.165) is 5.56 Å². The highest BCUT2D eigenvalue weighted by atomic mass is 16.6. The van der Waals surface area contributed by atoms with Crippen molar-refractivity contribution in [2.45, 2.75) is 40.2 Å². The molecular weight excluding hydrogens is 328 g/mol. The van der Waals surface area contributed by atoms with Gasteiger partial charge in [0, 0.05) is 17.6 Å². The van der Waals surface area contributed by atoms with E-state index >= 15 is 0 Å². The van der Waals surface area contributed by atoms with Crippen molar-refractivity contribution in [1.82, 2.24) is 4.57 Å². The number of fused-ring (bicyclic) bond motifs is 1. The number of hydrogen-bond acceptors (Lipinski definition) is 6. The fraction of sp³-hybridized carbons (Fsp3) is 0.412. The Labute approximate surface area is 145 Å². The smallest absolute Gasteiger partial charge is 0.419 e. The average molecular weight is 350 g/mol. The van der Waals surface area contributed by atoms with Crippen LogP contribution in [-0.2, 0) is 14.3 Å². The standard InChI is InChI=1S/C14H16N2O4.C3H6O2/c1-9-7-10-5-6-15(13(17)20-14(2,3)4)12(10)11(8-9)16(18)19;1-2-5-3-4/h5-8H,1-4H3;3H,2H2,1H3. The minimum absolute atomic E-state index is 0.101. The van der Waals surface area contributed by atoms with Crippen molar-refractivity contribution < 1.29 is 24.0 Å². The van der Waals surface area contributed by atoms with Crippen molar-refractivity contribution in [1.29, 1.82) is 0 Å². The molecule has 0 aliphatic carbocycles. The molecule has 0 radical (unpaired) electrons. The summed E-state index contributed by atoms with van der Waals surface area (Å²) in [6.45, 7) is 9.68. The predicted octanol–water partition coefficient (Wildman–Crippen LogP) is 3.82. The summed E-state index contributed by atoms with van der Waals surface area (Å²) in [4.78, 5) is 32.0. The number of nitro groups is 1. The van der Waals surface area contributed by atoms with Gasteiger partial charge in [0.05, 0.1) is 11.5 Å². The number of nitro benzene ring substituents is 1. The van der Waals surface area contributed by atoms with Gasteiger partial charge in [-0.05, 0) is 52.3 Å². The van der Waals surface area contributed by atoms with E-state index in [1.54, 1.807) is 46.8 Å². The Morgan fingerprint density at radius 2 is 2.00 bits per heavy atom. The monoisotopic (exact) mass is 350 g/mol. The van der Waals surface area contributed by atoms with Crippen LogP contribution in [0.5, 0.6) is 0 Å². The van der Waals surface area contributed by atoms with E-state index in [0.29, 0.717) is 18.5 Å². The minimum atomic E-state index is -0.660. The zero-order chi connectivity index (χ0) is 19.2. The summed E-state index contributed by atoms with van der Waals surface area (Å²) >= 11 is 0. The molecule has 0 N–H and O–H groups in total. The summed E-state index contributed by atoms with van der Waals surface area (Å²) in [6, 6.07) is 4.91. The molecule has 0 unspecified atom stereocenters. The van der Waals surface area contributed by atoms with Crippen LogP contribution in [-0.4, -0.2) is 34.3 Å². The molecule has 8 nitrogen and oxygen atoms in total. The van der Waals surface area contributed by atoms with E-state index in [-0.39, 0.29) is 11.2 Å². The Bertz CT molecular complexity index is 773. The number of nitrogens with zero attached hydrogens (tertiary/aromatic N) is 2. The molecule has 0 aliphatic heterocycles. The number of carbonyl (C=O) groups is 2. The normalized spacial score (nSPS) is 10.6. The van der Waals surface area contributed by atoms with Crippen molar-refractivity contribution in [3.05, 3.63) is 40.1 Å². The van der Waals surface area contributed by atoms with Crippen LogP contribution in [0.15, 0.2) is 24.4 Å². The molecule has 0 bridgehead atoms. The third kappa shape index (κ3) is 5.59. The minimum Gasteiger partial charge on any atom is -0.468 e. The summed E-state index contributed by atoms with van der Waals surface area (Å²) in [5.74, 6) is 0. The summed E-state index contributed by atoms with van der Waals surface area (Å²) in [7, 11) is 0. The van der Waals surface area contributed by atoms with Crippen LogP contribution in [0.2, 0.25) is 0 Å². The van der Waals surface area contributed by atoms with Gasteiger partial charge in [-0.3, -0.25) is 14.9 Å². The number of aromatic nitrogens is 1. The van der Waals surface area contributed by atoms with E-state index in [4.69, 9.17) is 4.74 Å². The van der Waals surface area contributed by atoms with Gasteiger partial charge in [0.2, 0.25) is 0 Å². The van der Waals surface area contributed by atoms with Gasteiger partial charge in [0.15, 0.2) is 0 Å². The highest BCUT2D eigenvalue weighted by molar-refractivity contribution is 5.95. The van der Waals surface area contributed by atoms with Crippen LogP contribution in [0.3, 0.4) is 0 Å². The maximum atomic E-state index is 12.1. The van der Waals surface area contributed by atoms with Crippen molar-refractivity contribution in [2.24, 2.45) is 0 Å². The molecule has 0 saturated carbocycles. The van der Waals surface area contributed by atoms with E-state index in [9.17, 15) is 19.7 Å². The molecule has 2 rings (SSSR count). The summed E-state index contributed by atoms with van der Waals surface area (Å²) < 4.78 is 10.6. The number of aryl methyl sites for hydroxylation is 1. The summed E-state index contributed by atoms with van der Waals surface area (Å²) in [5.41, 5.74) is 0.268. The fourth-order valence-electron chi connectivity index (χ4n) is 2.08. The lowest BCUT2D eigenvalue weighted by Gasteiger charge is -2.19. The van der Waals surface area contributed by atoms with Gasteiger partial charge in [-0.15, -0.1) is 0 Å². The average Bonchev–Trinajstić information content (AvgIpc) is 2.89. The number of ether oxygens (including phenoxy) is 2. The van der Waals surface area contributed by atoms with Gasteiger partial charge in [-0.2, -0.15) is 0 Å². The molecule has 8 heteroatoms. The Kier molecular flexibility index (Phi) is 6.67. The summed E-state index contributed by atoms with van der Waals surface area (Å²) in [6.07, 6.45) is 0.866. The molecule has 1 heterocycles. The lowest BCUT2D eigenvalue weighted by atomic mass is 10.1. The highest BCUT2D eigenvalue weighted by Crippen LogP contribution is 2.29. The summed E-state index contributed by atoms with van der Waals surface area (Å²) in [5, 5.41) is 11.8. The molecule has 0 fully saturated rings. The van der Waals surface area contributed by atoms with Crippen LogP contribution < -0.4 is 0 Å². The number of carbonyl (C=O) groups excluding carboxylic acids is 2. The first-order chi connectivity index (χ1) is 11.6. The molecule has 0 aliphatic rings. The first kappa shape index (κ1) is 20.1. The van der Waals surface area contributed by atoms with Crippen LogP contribution in [0, 0.1) is 17.0 Å². The van der Waals surface area contributed by atoms with Crippen molar-refractivity contribution >= 4 is 29.2 Å². The third-order valence-corrected chi connectivity index (χ3v) is 2.93. The molecular formula is C17H22N2O6. The number of benzene rings is 1. The van der Waals surface area contributed by atoms with Crippen LogP contribution >= 0.6 is 0 Å². The fourth-order valence-corrected chi connectivity index (χ4v) is 2.08. The van der Waals surface area contributed by atoms with Crippen LogP contribution in [0.4, 0.5) is 10.5 Å². The van der Waals surface area contributed by atoms with Gasteiger partial charge in [-0.25, -0.2) is 9.36 Å². The molecule has 136 valence electrons. The number of non-ortho nitro benzene ring substituents is 1. The molecule has 0 amide bonds. The topological polar surface area (TPSA) is 101 Å². The van der Waals surface area contributed by atoms with E-state index in [1.165, 1.54) is 16.8 Å². The van der Waals surface area contributed by atoms with Gasteiger partial charge in [-0.1, -0.05) is 0 Å². The Morgan fingerprint density at radius 1 is 1.36 bits per heavy atom. The maximum absolute atomic E-state index is 12.1. The van der Waals surface area contributed by atoms with Crippen molar-refractivity contribution in [3.8, 4) is 0 Å². The second kappa shape index (κ2) is 8.27. The predicted molar refractivity (Wildman–Crippen MR) is 92.7 cm³/mol. The van der Waals surface area contributed by atoms with Crippen molar-refractivity contribution in [3.63, 3.8) is 0 Å². The zero-order valence-corrected chi connectivity index (χ0v) is 14.9. The maximum Gasteiger partial charge on any atom is 0.419 e. The number of rotatable bonds is 3. The zero-order valence-electron chi connectivity index (χ0n) is 14.9. The van der Waals surface area contributed by atoms with Gasteiger partial charge < -0.3 is 9.47 Å². The van der Waals surface area contributed by atoms with E-state index < -0.39 is 16.6 Å². The molecule has 1 aromatic heterocycles. The Balaban J connectivity index is 0.000000550. The van der Waals surface area contributed by atoms with Gasteiger partial charge in [0.25, 0.3) is 12.2 Å². The molecule has 0 spiro atoms. The molecule has 0 saturated heterocycles. The highest BCUT2D eigenvalue weighted by Gasteiger charge is 2.23. The van der Waals surface area contributed by atoms with Crippen LogP contribution in [0.25, 0.3) is 10.9 Å². The lowest BCUT2D eigenvalue weighted by Crippen LogP contribution is -2.26. The Morgan fingerprint density at radius 3 is 2.44 bits per heavy atom. The molecule has 1 aromatic carbocycles. The molecule has 0 atom stereocenters. The van der Waals surface area contributed by atoms with E-state index in [2.05, 4.69) is 4.74 Å². The van der Waals surface area contributed by atoms with E-state index in [1.807, 2.05) is 0 Å².